The van der Waals surface area contributed by atoms with Crippen molar-refractivity contribution in [3.8, 4) is 0 Å². The number of carbonyl (C=O) groups is 1. The van der Waals surface area contributed by atoms with Crippen LogP contribution in [0.25, 0.3) is 0 Å². The number of benzene rings is 1. The minimum atomic E-state index is -0.264. The lowest BCUT2D eigenvalue weighted by atomic mass is 10.1. The highest BCUT2D eigenvalue weighted by atomic mass is 35.5. The fraction of sp³-hybridized carbons (Fsp3) is 0.500. The summed E-state index contributed by atoms with van der Waals surface area (Å²) in [6.45, 7) is 2.63. The Balaban J connectivity index is 1.77. The molecule has 0 unspecified atom stereocenters. The Morgan fingerprint density at radius 1 is 1.40 bits per heavy atom. The largest absolute Gasteiger partial charge is 0.378 e. The third-order valence-corrected chi connectivity index (χ3v) is 3.95. The second-order valence-corrected chi connectivity index (χ2v) is 5.81. The van der Waals surface area contributed by atoms with Crippen molar-refractivity contribution in [1.82, 2.24) is 10.2 Å². The number of hydrogen-bond acceptors (Lipinski definition) is 3. The van der Waals surface area contributed by atoms with Crippen LogP contribution in [-0.2, 0) is 16.1 Å². The maximum absolute atomic E-state index is 13.8. The van der Waals surface area contributed by atoms with Gasteiger partial charge < -0.3 is 10.1 Å². The number of carbonyl (C=O) groups excluding carboxylic acids is 1. The van der Waals surface area contributed by atoms with Crippen LogP contribution in [0.3, 0.4) is 0 Å². The summed E-state index contributed by atoms with van der Waals surface area (Å²) in [6.07, 6.45) is 0. The number of nitrogens with one attached hydrogen (secondary N) is 1. The van der Waals surface area contributed by atoms with Crippen molar-refractivity contribution in [2.24, 2.45) is 5.92 Å². The van der Waals surface area contributed by atoms with E-state index in [1.165, 1.54) is 12.1 Å². The van der Waals surface area contributed by atoms with Crippen LogP contribution in [0.1, 0.15) is 5.56 Å². The Morgan fingerprint density at radius 3 is 3.10 bits per heavy atom. The summed E-state index contributed by atoms with van der Waals surface area (Å²) in [5.41, 5.74) is 0.561. The third kappa shape index (κ3) is 2.95. The SMILES string of the molecule is O=C1N[C@@H]2COC[C@H]1CN(Cc1cc(Cl)ccc1F)C2. The summed E-state index contributed by atoms with van der Waals surface area (Å²) in [7, 11) is 0. The molecule has 0 aromatic heterocycles. The zero-order chi connectivity index (χ0) is 14.1. The molecule has 1 N–H and O–H groups in total. The van der Waals surface area contributed by atoms with Crippen LogP contribution in [0.4, 0.5) is 4.39 Å². The Hall–Kier alpha value is -1.17. The van der Waals surface area contributed by atoms with E-state index in [0.717, 1.165) is 0 Å². The summed E-state index contributed by atoms with van der Waals surface area (Å²) in [5, 5.41) is 3.48. The van der Waals surface area contributed by atoms with Crippen molar-refractivity contribution in [3.05, 3.63) is 34.6 Å². The van der Waals surface area contributed by atoms with E-state index in [-0.39, 0.29) is 23.7 Å². The van der Waals surface area contributed by atoms with Gasteiger partial charge in [0.2, 0.25) is 5.91 Å². The maximum Gasteiger partial charge on any atom is 0.227 e. The molecular formula is C14H16ClFN2O2. The molecule has 2 bridgehead atoms. The van der Waals surface area contributed by atoms with Crippen molar-refractivity contribution in [1.29, 1.82) is 0 Å². The minimum Gasteiger partial charge on any atom is -0.378 e. The van der Waals surface area contributed by atoms with Gasteiger partial charge in [-0.15, -0.1) is 0 Å². The van der Waals surface area contributed by atoms with Gasteiger partial charge in [-0.05, 0) is 18.2 Å². The van der Waals surface area contributed by atoms with Crippen LogP contribution in [0.15, 0.2) is 18.2 Å². The Bertz CT molecular complexity index is 526. The highest BCUT2D eigenvalue weighted by Crippen LogP contribution is 2.20. The predicted molar refractivity (Wildman–Crippen MR) is 72.9 cm³/mol. The van der Waals surface area contributed by atoms with Gasteiger partial charge >= 0.3 is 0 Å². The van der Waals surface area contributed by atoms with Gasteiger partial charge in [-0.25, -0.2) is 4.39 Å². The summed E-state index contributed by atoms with van der Waals surface area (Å²) in [6, 6.07) is 4.53. The lowest BCUT2D eigenvalue weighted by Crippen LogP contribution is -2.41. The van der Waals surface area contributed by atoms with Crippen LogP contribution < -0.4 is 5.32 Å². The first kappa shape index (κ1) is 13.8. The smallest absolute Gasteiger partial charge is 0.227 e. The van der Waals surface area contributed by atoms with Crippen molar-refractivity contribution in [2.75, 3.05) is 26.3 Å². The molecule has 0 spiro atoms. The van der Waals surface area contributed by atoms with E-state index >= 15 is 0 Å². The van der Waals surface area contributed by atoms with Gasteiger partial charge in [-0.1, -0.05) is 11.6 Å². The van der Waals surface area contributed by atoms with Crippen molar-refractivity contribution in [2.45, 2.75) is 12.6 Å². The monoisotopic (exact) mass is 298 g/mol. The molecule has 2 saturated heterocycles. The standard InChI is InChI=1S/C14H16ClFN2O2/c15-11-1-2-13(16)9(3-11)4-18-5-10-7-20-8-12(6-18)17-14(10)19/h1-3,10,12H,4-8H2,(H,17,19)/t10-,12+/m1/s1. The van der Waals surface area contributed by atoms with E-state index in [9.17, 15) is 9.18 Å². The van der Waals surface area contributed by atoms with Crippen molar-refractivity contribution < 1.29 is 13.9 Å². The van der Waals surface area contributed by atoms with E-state index in [2.05, 4.69) is 10.2 Å². The molecule has 1 amide bonds. The lowest BCUT2D eigenvalue weighted by molar-refractivity contribution is -0.125. The second kappa shape index (κ2) is 5.68. The lowest BCUT2D eigenvalue weighted by Gasteiger charge is -2.27. The molecule has 1 aromatic carbocycles. The normalized spacial score (nSPS) is 27.0. The summed E-state index contributed by atoms with van der Waals surface area (Å²) >= 11 is 5.91. The van der Waals surface area contributed by atoms with Gasteiger partial charge in [0.1, 0.15) is 5.82 Å². The average Bonchev–Trinajstić information content (AvgIpc) is 2.63. The molecule has 2 heterocycles. The minimum absolute atomic E-state index is 0.0292. The van der Waals surface area contributed by atoms with Crippen LogP contribution in [0.5, 0.6) is 0 Å². The van der Waals surface area contributed by atoms with Crippen LogP contribution >= 0.6 is 11.6 Å². The quantitative estimate of drug-likeness (QED) is 0.898. The molecule has 20 heavy (non-hydrogen) atoms. The molecule has 2 atom stereocenters. The number of ether oxygens (including phenoxy) is 1. The van der Waals surface area contributed by atoms with Crippen molar-refractivity contribution >= 4 is 17.5 Å². The number of hydrogen-bond donors (Lipinski definition) is 1. The van der Waals surface area contributed by atoms with Gasteiger partial charge in [0, 0.05) is 30.2 Å². The Morgan fingerprint density at radius 2 is 2.25 bits per heavy atom. The fourth-order valence-corrected chi connectivity index (χ4v) is 2.95. The van der Waals surface area contributed by atoms with Gasteiger partial charge in [-0.2, -0.15) is 0 Å². The zero-order valence-electron chi connectivity index (χ0n) is 10.9. The highest BCUT2D eigenvalue weighted by molar-refractivity contribution is 6.30. The molecule has 2 aliphatic rings. The molecule has 2 fully saturated rings. The molecule has 108 valence electrons. The number of amides is 1. The first-order valence-electron chi connectivity index (χ1n) is 6.66. The van der Waals surface area contributed by atoms with Crippen molar-refractivity contribution in [3.63, 3.8) is 0 Å². The number of rotatable bonds is 2. The van der Waals surface area contributed by atoms with E-state index in [1.54, 1.807) is 6.07 Å². The molecule has 0 saturated carbocycles. The number of fused-ring (bicyclic) bond motifs is 3. The van der Waals surface area contributed by atoms with Crippen LogP contribution in [0, 0.1) is 11.7 Å². The van der Waals surface area contributed by atoms with Gasteiger partial charge in [0.15, 0.2) is 0 Å². The average molecular weight is 299 g/mol. The molecule has 1 aromatic rings. The third-order valence-electron chi connectivity index (χ3n) is 3.71. The Kier molecular flexibility index (Phi) is 3.92. The highest BCUT2D eigenvalue weighted by Gasteiger charge is 2.33. The first-order chi connectivity index (χ1) is 9.61. The summed E-state index contributed by atoms with van der Waals surface area (Å²) in [5.74, 6) is -0.425. The number of halogens is 2. The van der Waals surface area contributed by atoms with Crippen LogP contribution in [-0.4, -0.2) is 43.2 Å². The molecule has 0 aliphatic carbocycles. The second-order valence-electron chi connectivity index (χ2n) is 5.37. The van der Waals surface area contributed by atoms with E-state index in [1.807, 2.05) is 0 Å². The zero-order valence-corrected chi connectivity index (χ0v) is 11.7. The van der Waals surface area contributed by atoms with E-state index in [0.29, 0.717) is 43.4 Å². The van der Waals surface area contributed by atoms with Crippen LogP contribution in [0.2, 0.25) is 5.02 Å². The molecule has 0 radical (unpaired) electrons. The van der Waals surface area contributed by atoms with E-state index < -0.39 is 0 Å². The predicted octanol–water partition coefficient (Wildman–Crippen LogP) is 1.43. The fourth-order valence-electron chi connectivity index (χ4n) is 2.76. The Labute approximate surface area is 121 Å². The first-order valence-corrected chi connectivity index (χ1v) is 7.04. The van der Waals surface area contributed by atoms with Gasteiger partial charge in [0.25, 0.3) is 0 Å². The van der Waals surface area contributed by atoms with Gasteiger partial charge in [-0.3, -0.25) is 9.69 Å². The molecule has 6 heteroatoms. The number of nitrogens with zero attached hydrogens (tertiary/aromatic N) is 1. The molecule has 3 rings (SSSR count). The molecule has 4 nitrogen and oxygen atoms in total. The van der Waals surface area contributed by atoms with E-state index in [4.69, 9.17) is 16.3 Å². The maximum atomic E-state index is 13.8. The topological polar surface area (TPSA) is 41.6 Å². The van der Waals surface area contributed by atoms with Gasteiger partial charge in [0.05, 0.1) is 25.2 Å². The molecular weight excluding hydrogens is 283 g/mol. The summed E-state index contributed by atoms with van der Waals surface area (Å²) < 4.78 is 19.3. The summed E-state index contributed by atoms with van der Waals surface area (Å²) in [4.78, 5) is 14.0. The molecule has 2 aliphatic heterocycles.